The van der Waals surface area contributed by atoms with Gasteiger partial charge in [-0.05, 0) is 51.3 Å². The topological polar surface area (TPSA) is 58.1 Å². The number of hydrogen-bond donors (Lipinski definition) is 2. The Hall–Kier alpha value is -1.22. The van der Waals surface area contributed by atoms with Crippen LogP contribution in [-0.4, -0.2) is 56.8 Å². The summed E-state index contributed by atoms with van der Waals surface area (Å²) in [6, 6.07) is 7.28. The van der Waals surface area contributed by atoms with E-state index in [0.717, 1.165) is 48.7 Å². The van der Waals surface area contributed by atoms with Gasteiger partial charge in [0.2, 0.25) is 0 Å². The summed E-state index contributed by atoms with van der Waals surface area (Å²) >= 11 is 0. The molecule has 1 aliphatic rings. The van der Waals surface area contributed by atoms with Crippen LogP contribution in [0.1, 0.15) is 39.2 Å². The summed E-state index contributed by atoms with van der Waals surface area (Å²) in [6.07, 6.45) is 2.68. The maximum Gasteiger partial charge on any atom is 0.191 e. The normalized spacial score (nSPS) is 14.1. The number of hydrogen-bond acceptors (Lipinski definition) is 4. The lowest BCUT2D eigenvalue weighted by molar-refractivity contribution is 0.215. The van der Waals surface area contributed by atoms with Crippen LogP contribution in [0.25, 0.3) is 0 Å². The number of ether oxygens (including phenoxy) is 2. The van der Waals surface area contributed by atoms with E-state index in [9.17, 15) is 0 Å². The smallest absolute Gasteiger partial charge is 0.191 e. The molecule has 0 radical (unpaired) electrons. The zero-order valence-electron chi connectivity index (χ0n) is 17.2. The number of nitrogens with zero attached hydrogens (tertiary/aromatic N) is 2. The highest BCUT2D eigenvalue weighted by Crippen LogP contribution is 2.28. The van der Waals surface area contributed by atoms with E-state index in [-0.39, 0.29) is 24.0 Å². The Labute approximate surface area is 181 Å². The highest BCUT2D eigenvalue weighted by molar-refractivity contribution is 14.0. The standard InChI is InChI=1S/C20H34N4O2.HI/c1-6-21-20(22-11-12-24(15(2)3)17-8-9-17)23-14-16-7-10-18(25-4)19(13-16)26-5;/h7,10,13,15,17H,6,8-9,11-12,14H2,1-5H3,(H2,21,22,23);1H. The Morgan fingerprint density at radius 2 is 1.89 bits per heavy atom. The van der Waals surface area contributed by atoms with Crippen LogP contribution in [0.2, 0.25) is 0 Å². The van der Waals surface area contributed by atoms with Crippen LogP contribution >= 0.6 is 24.0 Å². The van der Waals surface area contributed by atoms with Gasteiger partial charge >= 0.3 is 0 Å². The predicted molar refractivity (Wildman–Crippen MR) is 123 cm³/mol. The van der Waals surface area contributed by atoms with Crippen molar-refractivity contribution in [3.63, 3.8) is 0 Å². The van der Waals surface area contributed by atoms with Crippen molar-refractivity contribution < 1.29 is 9.47 Å². The molecular weight excluding hydrogens is 455 g/mol. The molecule has 0 bridgehead atoms. The number of nitrogens with one attached hydrogen (secondary N) is 2. The van der Waals surface area contributed by atoms with Gasteiger partial charge in [-0.25, -0.2) is 4.99 Å². The summed E-state index contributed by atoms with van der Waals surface area (Å²) in [4.78, 5) is 7.27. The van der Waals surface area contributed by atoms with Crippen molar-refractivity contribution in [2.75, 3.05) is 33.9 Å². The molecule has 0 amide bonds. The van der Waals surface area contributed by atoms with Gasteiger partial charge in [0.25, 0.3) is 0 Å². The van der Waals surface area contributed by atoms with E-state index in [4.69, 9.17) is 14.5 Å². The van der Waals surface area contributed by atoms with Crippen LogP contribution in [-0.2, 0) is 6.54 Å². The second-order valence-corrected chi connectivity index (χ2v) is 6.87. The second kappa shape index (κ2) is 12.3. The van der Waals surface area contributed by atoms with Gasteiger partial charge in [-0.1, -0.05) is 6.07 Å². The van der Waals surface area contributed by atoms with E-state index in [1.165, 1.54) is 12.8 Å². The van der Waals surface area contributed by atoms with Crippen LogP contribution in [0, 0.1) is 0 Å². The first-order valence-electron chi connectivity index (χ1n) is 9.57. The van der Waals surface area contributed by atoms with Crippen molar-refractivity contribution in [1.29, 1.82) is 0 Å². The predicted octanol–water partition coefficient (Wildman–Crippen LogP) is 3.25. The Morgan fingerprint density at radius 3 is 2.44 bits per heavy atom. The molecule has 1 aromatic rings. The minimum absolute atomic E-state index is 0. The van der Waals surface area contributed by atoms with Gasteiger partial charge < -0.3 is 20.1 Å². The monoisotopic (exact) mass is 490 g/mol. The zero-order valence-corrected chi connectivity index (χ0v) is 19.6. The Bertz CT molecular complexity index is 589. The van der Waals surface area contributed by atoms with E-state index in [0.29, 0.717) is 12.6 Å². The number of rotatable bonds is 10. The van der Waals surface area contributed by atoms with Crippen molar-refractivity contribution in [1.82, 2.24) is 15.5 Å². The van der Waals surface area contributed by atoms with Gasteiger partial charge in [0.15, 0.2) is 17.5 Å². The quantitative estimate of drug-likeness (QED) is 0.300. The van der Waals surface area contributed by atoms with Gasteiger partial charge in [0, 0.05) is 31.7 Å². The molecule has 0 unspecified atom stereocenters. The average molecular weight is 490 g/mol. The van der Waals surface area contributed by atoms with E-state index < -0.39 is 0 Å². The zero-order chi connectivity index (χ0) is 18.9. The molecule has 0 aromatic heterocycles. The van der Waals surface area contributed by atoms with Crippen LogP contribution in [0.4, 0.5) is 0 Å². The fraction of sp³-hybridized carbons (Fsp3) is 0.650. The minimum Gasteiger partial charge on any atom is -0.493 e. The first kappa shape index (κ1) is 23.8. The molecule has 2 rings (SSSR count). The maximum atomic E-state index is 5.36. The van der Waals surface area contributed by atoms with Gasteiger partial charge in [0.1, 0.15) is 0 Å². The van der Waals surface area contributed by atoms with Gasteiger partial charge in [-0.3, -0.25) is 4.90 Å². The molecule has 2 N–H and O–H groups in total. The van der Waals surface area contributed by atoms with Gasteiger partial charge in [-0.15, -0.1) is 24.0 Å². The van der Waals surface area contributed by atoms with Crippen molar-refractivity contribution in [3.8, 4) is 11.5 Å². The van der Waals surface area contributed by atoms with Crippen molar-refractivity contribution in [3.05, 3.63) is 23.8 Å². The highest BCUT2D eigenvalue weighted by Gasteiger charge is 2.30. The van der Waals surface area contributed by atoms with Crippen molar-refractivity contribution in [2.45, 2.75) is 52.2 Å². The molecule has 0 spiro atoms. The van der Waals surface area contributed by atoms with Crippen LogP contribution in [0.5, 0.6) is 11.5 Å². The summed E-state index contributed by atoms with van der Waals surface area (Å²) in [5.74, 6) is 2.32. The molecule has 0 aliphatic heterocycles. The summed E-state index contributed by atoms with van der Waals surface area (Å²) in [5, 5.41) is 6.77. The Balaban J connectivity index is 0.00000364. The van der Waals surface area contributed by atoms with Gasteiger partial charge in [0.05, 0.1) is 20.8 Å². The summed E-state index contributed by atoms with van der Waals surface area (Å²) in [6.45, 7) is 10.00. The fourth-order valence-electron chi connectivity index (χ4n) is 3.06. The lowest BCUT2D eigenvalue weighted by Gasteiger charge is -2.26. The van der Waals surface area contributed by atoms with E-state index in [1.54, 1.807) is 14.2 Å². The molecule has 0 heterocycles. The van der Waals surface area contributed by atoms with Crippen LogP contribution < -0.4 is 20.1 Å². The lowest BCUT2D eigenvalue weighted by Crippen LogP contribution is -2.43. The fourth-order valence-corrected chi connectivity index (χ4v) is 3.06. The molecule has 6 nitrogen and oxygen atoms in total. The minimum atomic E-state index is 0. The first-order valence-corrected chi connectivity index (χ1v) is 9.57. The third-order valence-corrected chi connectivity index (χ3v) is 4.55. The highest BCUT2D eigenvalue weighted by atomic mass is 127. The van der Waals surface area contributed by atoms with Crippen molar-refractivity contribution >= 4 is 29.9 Å². The van der Waals surface area contributed by atoms with Crippen molar-refractivity contribution in [2.24, 2.45) is 4.99 Å². The molecule has 27 heavy (non-hydrogen) atoms. The second-order valence-electron chi connectivity index (χ2n) is 6.87. The molecule has 0 saturated heterocycles. The SMILES string of the molecule is CCNC(=NCc1ccc(OC)c(OC)c1)NCCN(C(C)C)C1CC1.I. The van der Waals surface area contributed by atoms with E-state index in [2.05, 4.69) is 36.3 Å². The van der Waals surface area contributed by atoms with Crippen LogP contribution in [0.3, 0.4) is 0 Å². The largest absolute Gasteiger partial charge is 0.493 e. The Kier molecular flexibility index (Phi) is 10.8. The first-order chi connectivity index (χ1) is 12.6. The molecule has 7 heteroatoms. The molecule has 1 saturated carbocycles. The van der Waals surface area contributed by atoms with Gasteiger partial charge in [-0.2, -0.15) is 0 Å². The maximum absolute atomic E-state index is 5.36. The number of halogens is 1. The number of aliphatic imine (C=N–C) groups is 1. The Morgan fingerprint density at radius 1 is 1.19 bits per heavy atom. The summed E-state index contributed by atoms with van der Waals surface area (Å²) in [5.41, 5.74) is 1.08. The van der Waals surface area contributed by atoms with Crippen LogP contribution in [0.15, 0.2) is 23.2 Å². The molecule has 1 fully saturated rings. The molecule has 154 valence electrons. The summed E-state index contributed by atoms with van der Waals surface area (Å²) in [7, 11) is 3.29. The molecule has 0 atom stereocenters. The lowest BCUT2D eigenvalue weighted by atomic mass is 10.2. The molecular formula is C20H35IN4O2. The molecule has 1 aliphatic carbocycles. The van der Waals surface area contributed by atoms with E-state index in [1.807, 2.05) is 18.2 Å². The third kappa shape index (κ3) is 7.73. The summed E-state index contributed by atoms with van der Waals surface area (Å²) < 4.78 is 10.6. The number of benzene rings is 1. The molecule has 1 aromatic carbocycles. The third-order valence-electron chi connectivity index (χ3n) is 4.55. The average Bonchev–Trinajstić information content (AvgIpc) is 3.47. The van der Waals surface area contributed by atoms with E-state index >= 15 is 0 Å². The number of methoxy groups -OCH3 is 2. The number of guanidine groups is 1.